The number of aliphatic hydroxyl groups is 1. The summed E-state index contributed by atoms with van der Waals surface area (Å²) in [5.74, 6) is -2.49. The van der Waals surface area contributed by atoms with E-state index in [0.29, 0.717) is 16.3 Å². The van der Waals surface area contributed by atoms with Crippen LogP contribution in [0.2, 0.25) is 5.02 Å². The Balaban J connectivity index is 1.98. The molecule has 0 bridgehead atoms. The Morgan fingerprint density at radius 1 is 1.14 bits per heavy atom. The summed E-state index contributed by atoms with van der Waals surface area (Å²) in [5, 5.41) is 33.0. The Morgan fingerprint density at radius 3 is 2.56 bits per heavy atom. The minimum Gasteiger partial charge on any atom is -0.507 e. The summed E-state index contributed by atoms with van der Waals surface area (Å²) in [6.07, 6.45) is 0. The van der Waals surface area contributed by atoms with Crippen molar-refractivity contribution < 1.29 is 29.5 Å². The zero-order valence-corrected chi connectivity index (χ0v) is 20.0. The van der Waals surface area contributed by atoms with Crippen LogP contribution in [0.4, 0.5) is 11.4 Å². The number of hydrogen-bond acceptors (Lipinski definition) is 7. The first-order valence-electron chi connectivity index (χ1n) is 10.9. The van der Waals surface area contributed by atoms with Crippen LogP contribution in [0, 0.1) is 17.0 Å². The number of ether oxygens (including phenoxy) is 1. The highest BCUT2D eigenvalue weighted by Crippen LogP contribution is 2.44. The number of halogens is 1. The minimum atomic E-state index is -1.14. The number of phenolic OH excluding ortho intramolecular Hbond substituents is 1. The molecule has 1 atom stereocenters. The second-order valence-corrected chi connectivity index (χ2v) is 8.48. The van der Waals surface area contributed by atoms with Gasteiger partial charge < -0.3 is 14.9 Å². The van der Waals surface area contributed by atoms with Crippen molar-refractivity contribution in [2.75, 3.05) is 11.5 Å². The molecule has 1 amide bonds. The molecule has 1 aliphatic rings. The van der Waals surface area contributed by atoms with Gasteiger partial charge in [-0.3, -0.25) is 24.6 Å². The van der Waals surface area contributed by atoms with Crippen LogP contribution in [0.3, 0.4) is 0 Å². The zero-order valence-electron chi connectivity index (χ0n) is 19.3. The Kier molecular flexibility index (Phi) is 6.67. The van der Waals surface area contributed by atoms with Crippen LogP contribution >= 0.6 is 11.6 Å². The number of nitrogens with zero attached hydrogens (tertiary/aromatic N) is 2. The summed E-state index contributed by atoms with van der Waals surface area (Å²) in [6.45, 7) is 3.77. The summed E-state index contributed by atoms with van der Waals surface area (Å²) in [7, 11) is 0. The molecule has 0 aliphatic carbocycles. The summed E-state index contributed by atoms with van der Waals surface area (Å²) >= 11 is 6.30. The fourth-order valence-electron chi connectivity index (χ4n) is 4.04. The van der Waals surface area contributed by atoms with Gasteiger partial charge in [-0.05, 0) is 49.2 Å². The number of rotatable bonds is 6. The number of carbonyl (C=O) groups is 2. The van der Waals surface area contributed by atoms with E-state index in [1.807, 2.05) is 0 Å². The van der Waals surface area contributed by atoms with Crippen LogP contribution in [0.1, 0.15) is 29.7 Å². The van der Waals surface area contributed by atoms with Crippen LogP contribution < -0.4 is 9.64 Å². The van der Waals surface area contributed by atoms with Crippen molar-refractivity contribution in [3.05, 3.63) is 98.1 Å². The molecule has 1 unspecified atom stereocenters. The second-order valence-electron chi connectivity index (χ2n) is 8.07. The Hall–Kier alpha value is -4.37. The van der Waals surface area contributed by atoms with Gasteiger partial charge in [0, 0.05) is 28.4 Å². The van der Waals surface area contributed by atoms with Gasteiger partial charge in [0.05, 0.1) is 23.1 Å². The fraction of sp³-hybridized carbons (Fsp3) is 0.154. The standard InChI is InChI=1S/C26H21ClN2O7/c1-3-36-21-12-15(8-10-20(21)30)23-22(24(31)16-5-4-6-18(11-16)29(34)35)25(32)26(33)28(23)17-9-7-14(2)19(27)13-17/h4-13,23,30-31H,3H2,1-2H3/b24-22+. The lowest BCUT2D eigenvalue weighted by molar-refractivity contribution is -0.384. The van der Waals surface area contributed by atoms with Crippen LogP contribution in [-0.4, -0.2) is 33.4 Å². The molecule has 184 valence electrons. The van der Waals surface area contributed by atoms with Gasteiger partial charge in [-0.1, -0.05) is 35.9 Å². The van der Waals surface area contributed by atoms with E-state index in [4.69, 9.17) is 16.3 Å². The number of amides is 1. The molecule has 1 heterocycles. The average Bonchev–Trinajstić information content (AvgIpc) is 3.12. The van der Waals surface area contributed by atoms with Crippen molar-refractivity contribution in [2.45, 2.75) is 19.9 Å². The quantitative estimate of drug-likeness (QED) is 0.152. The number of aliphatic hydroxyl groups excluding tert-OH is 1. The lowest BCUT2D eigenvalue weighted by Gasteiger charge is -2.26. The number of ketones is 1. The van der Waals surface area contributed by atoms with Crippen LogP contribution in [-0.2, 0) is 9.59 Å². The second kappa shape index (κ2) is 9.71. The summed E-state index contributed by atoms with van der Waals surface area (Å²) in [6, 6.07) is 13.2. The van der Waals surface area contributed by atoms with E-state index >= 15 is 0 Å². The maximum atomic E-state index is 13.3. The highest BCUT2D eigenvalue weighted by Gasteiger charge is 2.47. The highest BCUT2D eigenvalue weighted by molar-refractivity contribution is 6.51. The molecule has 1 aliphatic heterocycles. The number of carbonyl (C=O) groups excluding carboxylic acids is 2. The van der Waals surface area contributed by atoms with Crippen LogP contribution in [0.15, 0.2) is 66.2 Å². The molecule has 1 saturated heterocycles. The molecule has 1 fully saturated rings. The molecule has 2 N–H and O–H groups in total. The Labute approximate surface area is 211 Å². The third kappa shape index (κ3) is 4.36. The van der Waals surface area contributed by atoms with Crippen molar-refractivity contribution >= 4 is 40.4 Å². The molecule has 9 nitrogen and oxygen atoms in total. The van der Waals surface area contributed by atoms with Gasteiger partial charge in [-0.2, -0.15) is 0 Å². The molecule has 3 aromatic carbocycles. The lowest BCUT2D eigenvalue weighted by Crippen LogP contribution is -2.29. The molecule has 3 aromatic rings. The van der Waals surface area contributed by atoms with Gasteiger partial charge >= 0.3 is 0 Å². The predicted octanol–water partition coefficient (Wildman–Crippen LogP) is 5.29. The van der Waals surface area contributed by atoms with E-state index in [2.05, 4.69) is 0 Å². The molecule has 36 heavy (non-hydrogen) atoms. The van der Waals surface area contributed by atoms with Crippen molar-refractivity contribution in [2.24, 2.45) is 0 Å². The van der Waals surface area contributed by atoms with Gasteiger partial charge in [0.15, 0.2) is 11.5 Å². The van der Waals surface area contributed by atoms with Gasteiger partial charge in [0.1, 0.15) is 5.76 Å². The fourth-order valence-corrected chi connectivity index (χ4v) is 4.21. The first kappa shape index (κ1) is 24.7. The summed E-state index contributed by atoms with van der Waals surface area (Å²) in [4.78, 5) is 38.4. The smallest absolute Gasteiger partial charge is 0.300 e. The number of non-ortho nitro benzene ring substituents is 1. The third-order valence-corrected chi connectivity index (χ3v) is 6.22. The van der Waals surface area contributed by atoms with E-state index in [0.717, 1.165) is 11.6 Å². The molecule has 0 saturated carbocycles. The third-order valence-electron chi connectivity index (χ3n) is 5.81. The Morgan fingerprint density at radius 2 is 1.89 bits per heavy atom. The number of nitro benzene ring substituents is 1. The molecule has 0 spiro atoms. The predicted molar refractivity (Wildman–Crippen MR) is 133 cm³/mol. The van der Waals surface area contributed by atoms with E-state index in [1.54, 1.807) is 26.0 Å². The largest absolute Gasteiger partial charge is 0.507 e. The number of aryl methyl sites for hydroxylation is 1. The highest BCUT2D eigenvalue weighted by atomic mass is 35.5. The number of hydrogen-bond donors (Lipinski definition) is 2. The molecule has 10 heteroatoms. The molecular weight excluding hydrogens is 488 g/mol. The van der Waals surface area contributed by atoms with E-state index in [-0.39, 0.29) is 34.9 Å². The lowest BCUT2D eigenvalue weighted by atomic mass is 9.94. The first-order chi connectivity index (χ1) is 17.1. The van der Waals surface area contributed by atoms with Gasteiger partial charge in [0.25, 0.3) is 17.4 Å². The topological polar surface area (TPSA) is 130 Å². The minimum absolute atomic E-state index is 0.00190. The zero-order chi connectivity index (χ0) is 26.1. The number of Topliss-reactive ketones (excluding diaryl/α,β-unsaturated/α-hetero) is 1. The van der Waals surface area contributed by atoms with Crippen molar-refractivity contribution in [1.29, 1.82) is 0 Å². The first-order valence-corrected chi connectivity index (χ1v) is 11.3. The van der Waals surface area contributed by atoms with Crippen LogP contribution in [0.25, 0.3) is 5.76 Å². The Bertz CT molecular complexity index is 1430. The summed E-state index contributed by atoms with van der Waals surface area (Å²) in [5.41, 5.74) is 0.857. The van der Waals surface area contributed by atoms with E-state index < -0.39 is 28.4 Å². The number of nitro groups is 1. The average molecular weight is 509 g/mol. The van der Waals surface area contributed by atoms with E-state index in [1.165, 1.54) is 47.4 Å². The van der Waals surface area contributed by atoms with Gasteiger partial charge in [-0.25, -0.2) is 0 Å². The number of anilines is 1. The summed E-state index contributed by atoms with van der Waals surface area (Å²) < 4.78 is 5.48. The van der Waals surface area contributed by atoms with Crippen molar-refractivity contribution in [1.82, 2.24) is 0 Å². The number of aromatic hydroxyl groups is 1. The number of phenols is 1. The van der Waals surface area contributed by atoms with Gasteiger partial charge in [0.2, 0.25) is 0 Å². The molecule has 4 rings (SSSR count). The monoisotopic (exact) mass is 508 g/mol. The van der Waals surface area contributed by atoms with Crippen molar-refractivity contribution in [3.8, 4) is 11.5 Å². The maximum Gasteiger partial charge on any atom is 0.300 e. The van der Waals surface area contributed by atoms with E-state index in [9.17, 15) is 29.9 Å². The number of benzene rings is 3. The van der Waals surface area contributed by atoms with Crippen molar-refractivity contribution in [3.63, 3.8) is 0 Å². The van der Waals surface area contributed by atoms with Gasteiger partial charge in [-0.15, -0.1) is 0 Å². The molecule has 0 radical (unpaired) electrons. The maximum absolute atomic E-state index is 13.3. The SMILES string of the molecule is CCOc1cc(C2/C(=C(\O)c3cccc([N+](=O)[O-])c3)C(=O)C(=O)N2c2ccc(C)c(Cl)c2)ccc1O. The van der Waals surface area contributed by atoms with Crippen LogP contribution in [0.5, 0.6) is 11.5 Å². The normalized spacial score (nSPS) is 16.9. The molecular formula is C26H21ClN2O7. The molecule has 0 aromatic heterocycles.